The lowest BCUT2D eigenvalue weighted by atomic mass is 10.0. The number of benzene rings is 2. The highest BCUT2D eigenvalue weighted by atomic mass is 32.2. The van der Waals surface area contributed by atoms with E-state index >= 15 is 0 Å². The first-order chi connectivity index (χ1) is 19.1. The molecule has 1 aliphatic heterocycles. The lowest BCUT2D eigenvalue weighted by molar-refractivity contribution is 0.0696. The molecule has 0 radical (unpaired) electrons. The Morgan fingerprint density at radius 3 is 2.60 bits per heavy atom. The third kappa shape index (κ3) is 5.36. The lowest BCUT2D eigenvalue weighted by Gasteiger charge is -2.27. The highest BCUT2D eigenvalue weighted by Gasteiger charge is 2.43. The number of carboxylic acids is 1. The number of hydrogen-bond acceptors (Lipinski definition) is 7. The number of nitrogens with one attached hydrogen (secondary N) is 2. The fourth-order valence-corrected chi connectivity index (χ4v) is 5.68. The Bertz CT molecular complexity index is 1700. The minimum Gasteiger partial charge on any atom is -0.495 e. The van der Waals surface area contributed by atoms with E-state index in [1.54, 1.807) is 36.5 Å². The second-order valence-electron chi connectivity index (χ2n) is 9.29. The van der Waals surface area contributed by atoms with Crippen LogP contribution in [-0.2, 0) is 10.0 Å². The van der Waals surface area contributed by atoms with Crippen molar-refractivity contribution in [2.75, 3.05) is 23.0 Å². The zero-order valence-electron chi connectivity index (χ0n) is 21.8. The predicted molar refractivity (Wildman–Crippen MR) is 155 cm³/mol. The van der Waals surface area contributed by atoms with Gasteiger partial charge >= 0.3 is 5.97 Å². The van der Waals surface area contributed by atoms with Crippen molar-refractivity contribution in [3.63, 3.8) is 0 Å². The number of furan rings is 1. The molecule has 5 rings (SSSR count). The summed E-state index contributed by atoms with van der Waals surface area (Å²) in [5.74, 6) is 0.494. The minimum absolute atomic E-state index is 0.192. The summed E-state index contributed by atoms with van der Waals surface area (Å²) >= 11 is 5.77. The number of sulfonamides is 1. The lowest BCUT2D eigenvalue weighted by Crippen LogP contribution is -2.29. The number of hydrogen-bond donors (Lipinski definition) is 3. The number of aromatic nitrogens is 1. The zero-order chi connectivity index (χ0) is 28.6. The van der Waals surface area contributed by atoms with E-state index in [0.717, 1.165) is 23.1 Å². The third-order valence-corrected chi connectivity index (χ3v) is 7.42. The number of pyridine rings is 1. The van der Waals surface area contributed by atoms with Crippen LogP contribution in [0.3, 0.4) is 0 Å². The average molecular weight is 579 g/mol. The maximum atomic E-state index is 12.0. The molecule has 3 heterocycles. The number of nitrogens with zero attached hydrogens (tertiary/aromatic N) is 2. The molecule has 12 heteroatoms. The van der Waals surface area contributed by atoms with E-state index in [1.807, 2.05) is 42.2 Å². The van der Waals surface area contributed by atoms with Gasteiger partial charge in [-0.05, 0) is 79.3 Å². The van der Waals surface area contributed by atoms with Crippen LogP contribution in [0.4, 0.5) is 11.4 Å². The monoisotopic (exact) mass is 578 g/mol. The summed E-state index contributed by atoms with van der Waals surface area (Å²) in [5, 5.41) is 13.1. The predicted octanol–water partition coefficient (Wildman–Crippen LogP) is 4.91. The van der Waals surface area contributed by atoms with Crippen LogP contribution in [0.2, 0.25) is 0 Å². The van der Waals surface area contributed by atoms with Gasteiger partial charge in [0.05, 0.1) is 36.4 Å². The Morgan fingerprint density at radius 1 is 1.15 bits per heavy atom. The summed E-state index contributed by atoms with van der Waals surface area (Å²) in [6.07, 6.45) is 2.76. The maximum absolute atomic E-state index is 12.0. The van der Waals surface area contributed by atoms with Crippen LogP contribution < -0.4 is 19.7 Å². The van der Waals surface area contributed by atoms with Crippen LogP contribution in [0, 0.1) is 6.92 Å². The molecule has 3 N–H and O–H groups in total. The van der Waals surface area contributed by atoms with Gasteiger partial charge in [-0.2, -0.15) is 0 Å². The van der Waals surface area contributed by atoms with Crippen molar-refractivity contribution in [3.05, 3.63) is 95.5 Å². The van der Waals surface area contributed by atoms with E-state index in [2.05, 4.69) is 15.0 Å². The highest BCUT2D eigenvalue weighted by molar-refractivity contribution is 7.92. The summed E-state index contributed by atoms with van der Waals surface area (Å²) in [7, 11) is -2.13. The largest absolute Gasteiger partial charge is 0.495 e. The summed E-state index contributed by atoms with van der Waals surface area (Å²) < 4.78 is 38.3. The van der Waals surface area contributed by atoms with Gasteiger partial charge in [0.25, 0.3) is 0 Å². The minimum atomic E-state index is -3.59. The van der Waals surface area contributed by atoms with Crippen LogP contribution in [0.25, 0.3) is 11.3 Å². The van der Waals surface area contributed by atoms with Gasteiger partial charge in [-0.25, -0.2) is 13.2 Å². The van der Waals surface area contributed by atoms with Crippen molar-refractivity contribution in [1.82, 2.24) is 10.3 Å². The van der Waals surface area contributed by atoms with Crippen molar-refractivity contribution >= 4 is 44.7 Å². The standard InChI is InChI=1S/C28H26N4O6S2/c1-16-14-17(27(33)34)7-9-19(16)22-11-12-24(38-22)26-25(20-6-4-5-13-29-20)30-28(39)32(26)18-8-10-23(37-2)21(15-18)31-40(3,35)36/h4-15,25-26,31H,1-3H3,(H,30,39)(H,33,34)/t25-,26-/m0/s1. The molecule has 0 spiro atoms. The van der Waals surface area contributed by atoms with Crippen LogP contribution in [0.5, 0.6) is 5.75 Å². The maximum Gasteiger partial charge on any atom is 0.335 e. The zero-order valence-corrected chi connectivity index (χ0v) is 23.4. The van der Waals surface area contributed by atoms with Crippen molar-refractivity contribution in [2.24, 2.45) is 0 Å². The van der Waals surface area contributed by atoms with Gasteiger partial charge < -0.3 is 24.5 Å². The van der Waals surface area contributed by atoms with Crippen LogP contribution >= 0.6 is 12.2 Å². The van der Waals surface area contributed by atoms with E-state index in [-0.39, 0.29) is 11.3 Å². The van der Waals surface area contributed by atoms with Gasteiger partial charge in [-0.1, -0.05) is 12.1 Å². The second kappa shape index (κ2) is 10.6. The van der Waals surface area contributed by atoms with Crippen LogP contribution in [0.15, 0.2) is 77.3 Å². The van der Waals surface area contributed by atoms with E-state index < -0.39 is 28.1 Å². The number of aromatic carboxylic acids is 1. The Balaban J connectivity index is 1.61. The molecule has 0 saturated carbocycles. The molecule has 0 aliphatic carbocycles. The van der Waals surface area contributed by atoms with Gasteiger partial charge in [0, 0.05) is 17.4 Å². The number of anilines is 2. The topological polar surface area (TPSA) is 134 Å². The first-order valence-electron chi connectivity index (χ1n) is 12.2. The molecule has 10 nitrogen and oxygen atoms in total. The van der Waals surface area contributed by atoms with Gasteiger partial charge in [0.2, 0.25) is 10.0 Å². The van der Waals surface area contributed by atoms with Crippen LogP contribution in [-0.4, -0.2) is 43.0 Å². The highest BCUT2D eigenvalue weighted by Crippen LogP contribution is 2.44. The van der Waals surface area contributed by atoms with Crippen molar-refractivity contribution in [1.29, 1.82) is 0 Å². The van der Waals surface area contributed by atoms with E-state index in [1.165, 1.54) is 13.2 Å². The van der Waals surface area contributed by atoms with Gasteiger partial charge in [-0.15, -0.1) is 0 Å². The van der Waals surface area contributed by atoms with Gasteiger partial charge in [-0.3, -0.25) is 9.71 Å². The number of methoxy groups -OCH3 is 1. The molecule has 2 aromatic heterocycles. The quantitative estimate of drug-likeness (QED) is 0.248. The Morgan fingerprint density at radius 2 is 1.95 bits per heavy atom. The number of rotatable bonds is 8. The summed E-state index contributed by atoms with van der Waals surface area (Å²) in [5.41, 5.74) is 3.31. The average Bonchev–Trinajstić information content (AvgIpc) is 3.52. The number of carbonyl (C=O) groups is 1. The van der Waals surface area contributed by atoms with Gasteiger partial charge in [0.1, 0.15) is 23.3 Å². The second-order valence-corrected chi connectivity index (χ2v) is 11.4. The Labute approximate surface area is 236 Å². The van der Waals surface area contributed by atoms with Crippen molar-refractivity contribution < 1.29 is 27.5 Å². The molecular weight excluding hydrogens is 552 g/mol. The van der Waals surface area contributed by atoms with Gasteiger partial charge in [0.15, 0.2) is 5.11 Å². The summed E-state index contributed by atoms with van der Waals surface area (Å²) in [6, 6.07) is 18.4. The third-order valence-electron chi connectivity index (χ3n) is 6.51. The molecule has 1 aliphatic rings. The number of thiocarbonyl (C=S) groups is 1. The number of carboxylic acid groups (broad SMARTS) is 1. The SMILES string of the molecule is COc1ccc(N2C(=S)N[C@@H](c3ccccn3)[C@@H]2c2ccc(-c3ccc(C(=O)O)cc3C)o2)cc1NS(C)(=O)=O. The molecule has 1 fully saturated rings. The Hall–Kier alpha value is -4.42. The molecule has 0 amide bonds. The first kappa shape index (κ1) is 27.2. The van der Waals surface area contributed by atoms with Crippen molar-refractivity contribution in [3.8, 4) is 17.1 Å². The molecule has 0 unspecified atom stereocenters. The smallest absolute Gasteiger partial charge is 0.335 e. The fraction of sp³-hybridized carbons (Fsp3) is 0.179. The van der Waals surface area contributed by atoms with E-state index in [4.69, 9.17) is 21.4 Å². The molecule has 4 aromatic rings. The Kier molecular flexibility index (Phi) is 7.21. The van der Waals surface area contributed by atoms with E-state index in [9.17, 15) is 18.3 Å². The van der Waals surface area contributed by atoms with E-state index in [0.29, 0.717) is 28.1 Å². The molecule has 40 heavy (non-hydrogen) atoms. The molecule has 2 atom stereocenters. The number of aryl methyl sites for hydroxylation is 1. The summed E-state index contributed by atoms with van der Waals surface area (Å²) in [6.45, 7) is 1.83. The summed E-state index contributed by atoms with van der Waals surface area (Å²) in [4.78, 5) is 17.8. The molecule has 206 valence electrons. The normalized spacial score (nSPS) is 17.0. The first-order valence-corrected chi connectivity index (χ1v) is 14.5. The fourth-order valence-electron chi connectivity index (χ4n) is 4.78. The molecule has 2 aromatic carbocycles. The molecule has 1 saturated heterocycles. The van der Waals surface area contributed by atoms with Crippen LogP contribution in [0.1, 0.15) is 39.5 Å². The molecule has 0 bridgehead atoms. The number of ether oxygens (including phenoxy) is 1. The van der Waals surface area contributed by atoms with Crippen molar-refractivity contribution in [2.45, 2.75) is 19.0 Å². The molecular formula is C28H26N4O6S2.